The fraction of sp³-hybridized carbons (Fsp3) is 0.562. The molecule has 0 aromatic rings. The van der Waals surface area contributed by atoms with Gasteiger partial charge in [0.25, 0.3) is 7.82 Å². The normalized spacial score (nSPS) is 11.9. The third kappa shape index (κ3) is 30.2. The minimum Gasteiger partial charge on any atom is -0.756 e. The number of ether oxygens (including phenoxy) is 2. The molecule has 9 nitrogen and oxygen atoms in total. The molecule has 0 amide bonds. The largest absolute Gasteiger partial charge is 0.756 e. The van der Waals surface area contributed by atoms with Gasteiger partial charge in [-0.25, -0.2) is 0 Å². The lowest BCUT2D eigenvalue weighted by Gasteiger charge is -2.28. The number of unbranched alkanes of at least 4 members (excludes halogenated alkanes) is 5. The molecule has 2 unspecified atom stereocenters. The van der Waals surface area contributed by atoms with Gasteiger partial charge in [0.1, 0.15) is 25.4 Å². The highest BCUT2D eigenvalue weighted by Crippen LogP contribution is 2.38. The van der Waals surface area contributed by atoms with Gasteiger partial charge in [-0.2, -0.15) is 0 Å². The fourth-order valence-electron chi connectivity index (χ4n) is 2.84. The molecule has 0 saturated carbocycles. The average molecular weight is 640 g/mol. The molecule has 0 aliphatic carbocycles. The minimum absolute atomic E-state index is 0. The molecule has 0 aromatic heterocycles. The van der Waals surface area contributed by atoms with Crippen LogP contribution >= 0.6 is 19.6 Å². The number of hydrogen-bond donors (Lipinski definition) is 0. The van der Waals surface area contributed by atoms with Gasteiger partial charge >= 0.3 is 5.97 Å². The van der Waals surface area contributed by atoms with Crippen molar-refractivity contribution in [1.29, 1.82) is 0 Å². The molecule has 242 valence electrons. The van der Waals surface area contributed by atoms with Crippen LogP contribution in [0.5, 0.6) is 0 Å². The van der Waals surface area contributed by atoms with Crippen molar-refractivity contribution in [3.8, 4) is 70.9 Å². The summed E-state index contributed by atoms with van der Waals surface area (Å²) in [5.74, 6) is 24.3. The number of likely N-dealkylation sites (N-methyl/N-ethyl adjacent to an activating group) is 1. The van der Waals surface area contributed by atoms with E-state index < -0.39 is 19.9 Å². The first-order valence-corrected chi connectivity index (χ1v) is 16.1. The lowest BCUT2D eigenvalue weighted by Crippen LogP contribution is -2.37. The van der Waals surface area contributed by atoms with Crippen LogP contribution in [0.1, 0.15) is 59.0 Å². The molecule has 11 heteroatoms. The molecule has 0 saturated heterocycles. The molecule has 0 bridgehead atoms. The van der Waals surface area contributed by atoms with Crippen molar-refractivity contribution in [3.63, 3.8) is 0 Å². The number of rotatable bonds is 21. The second-order valence-electron chi connectivity index (χ2n) is 9.99. The predicted molar refractivity (Wildman–Crippen MR) is 177 cm³/mol. The number of Topliss-reactive ketones (excluding diaryl/α,β-unsaturated/α-hetero) is 1. The summed E-state index contributed by atoms with van der Waals surface area (Å²) in [6.07, 6.45) is 9.60. The molecule has 0 radical (unpaired) electrons. The summed E-state index contributed by atoms with van der Waals surface area (Å²) in [5, 5.41) is 2.81. The van der Waals surface area contributed by atoms with Crippen LogP contribution in [0, 0.1) is 70.9 Å². The zero-order valence-electron chi connectivity index (χ0n) is 25.4. The Kier molecular flexibility index (Phi) is 23.5. The molecule has 43 heavy (non-hydrogen) atoms. The van der Waals surface area contributed by atoms with Gasteiger partial charge < -0.3 is 27.9 Å². The Labute approximate surface area is 269 Å². The lowest BCUT2D eigenvalue weighted by atomic mass is 10.1. The molecule has 0 aliphatic heterocycles. The number of thioether (sulfide) groups is 1. The Morgan fingerprint density at radius 1 is 0.860 bits per heavy atom. The van der Waals surface area contributed by atoms with Crippen molar-refractivity contribution < 1.29 is 49.2 Å². The number of carbonyl (C=O) groups excluding carboxylic acids is 2. The number of phosphoric acid groups is 1. The fourth-order valence-corrected chi connectivity index (χ4v) is 4.15. The molecule has 0 heterocycles. The maximum absolute atomic E-state index is 12.2. The molecule has 0 fully saturated rings. The monoisotopic (exact) mass is 639 g/mol. The number of terminal acetylenes is 1. The van der Waals surface area contributed by atoms with E-state index in [2.05, 4.69) is 64.5 Å². The van der Waals surface area contributed by atoms with Gasteiger partial charge in [0, 0.05) is 19.5 Å². The summed E-state index contributed by atoms with van der Waals surface area (Å²) in [5.41, 5.74) is 0. The summed E-state index contributed by atoms with van der Waals surface area (Å²) in [6, 6.07) is 0. The van der Waals surface area contributed by atoms with Crippen molar-refractivity contribution in [2.45, 2.75) is 58.0 Å². The van der Waals surface area contributed by atoms with Crippen LogP contribution in [0.3, 0.4) is 0 Å². The van der Waals surface area contributed by atoms with E-state index in [9.17, 15) is 19.0 Å². The van der Waals surface area contributed by atoms with Crippen LogP contribution in [0.15, 0.2) is 0 Å². The number of ketones is 1. The van der Waals surface area contributed by atoms with Crippen LogP contribution in [-0.4, -0.2) is 82.2 Å². The van der Waals surface area contributed by atoms with Gasteiger partial charge in [-0.1, -0.05) is 37.4 Å². The number of hydrogen-bond acceptors (Lipinski definition) is 9. The van der Waals surface area contributed by atoms with E-state index in [-0.39, 0.29) is 32.6 Å². The number of quaternary nitrogens is 1. The number of nitrogens with zero attached hydrogens (tertiary/aromatic N) is 1. The van der Waals surface area contributed by atoms with Gasteiger partial charge in [-0.05, 0) is 84.2 Å². The zero-order chi connectivity index (χ0) is 32.2. The molecular weight excluding hydrogens is 589 g/mol. The van der Waals surface area contributed by atoms with Crippen molar-refractivity contribution in [2.24, 2.45) is 0 Å². The van der Waals surface area contributed by atoms with Crippen molar-refractivity contribution in [2.75, 3.05) is 59.9 Å². The topological polar surface area (TPSA) is 111 Å². The molecule has 2 atom stereocenters. The van der Waals surface area contributed by atoms with Gasteiger partial charge in [0.2, 0.25) is 0 Å². The van der Waals surface area contributed by atoms with Crippen LogP contribution in [-0.2, 0) is 32.7 Å². The number of phosphoric ester groups is 1. The molecule has 0 N–H and O–H groups in total. The second kappa shape index (κ2) is 25.4. The van der Waals surface area contributed by atoms with Crippen LogP contribution in [0.2, 0.25) is 0 Å². The third-order valence-corrected chi connectivity index (χ3v) is 6.69. The Morgan fingerprint density at radius 3 is 2.00 bits per heavy atom. The zero-order valence-corrected chi connectivity index (χ0v) is 27.1. The van der Waals surface area contributed by atoms with E-state index in [0.717, 1.165) is 38.5 Å². The minimum atomic E-state index is -4.48. The Morgan fingerprint density at radius 2 is 1.42 bits per heavy atom. The van der Waals surface area contributed by atoms with E-state index in [0.29, 0.717) is 30.0 Å². The predicted octanol–water partition coefficient (Wildman–Crippen LogP) is 4.01. The van der Waals surface area contributed by atoms with E-state index >= 15 is 0 Å². The number of carbonyl (C=O) groups is 2. The first-order chi connectivity index (χ1) is 20.4. The van der Waals surface area contributed by atoms with Gasteiger partial charge in [0.15, 0.2) is 0 Å². The van der Waals surface area contributed by atoms with Crippen LogP contribution in [0.25, 0.3) is 0 Å². The maximum atomic E-state index is 12.2. The van der Waals surface area contributed by atoms with Gasteiger partial charge in [-0.15, -0.1) is 6.42 Å². The molecule has 0 spiro atoms. The maximum Gasteiger partial charge on any atom is 0.313 e. The smallest absolute Gasteiger partial charge is 0.313 e. The van der Waals surface area contributed by atoms with Crippen molar-refractivity contribution in [3.05, 3.63) is 0 Å². The first kappa shape index (κ1) is 39.9. The highest BCUT2D eigenvalue weighted by Gasteiger charge is 2.17. The third-order valence-electron chi connectivity index (χ3n) is 4.94. The summed E-state index contributed by atoms with van der Waals surface area (Å²) >= 11 is 1.22. The first-order valence-electron chi connectivity index (χ1n) is 13.7. The standard InChI is InChI=1S/C32H40NO8PS.5H2/c1-6-7-8-9-10-11-12-15-18-21-26-43-29-31(28-41-42(36,37)40-25-22-33(3,4)5)38-23-19-16-13-14-17-20-24-39-32(35)27-30(2)34;;;;;/h1,31H,13-14,16-17,19-20,22-25,27-29H2,2-5H3;5*1H. The molecule has 0 aliphatic rings. The lowest BCUT2D eigenvalue weighted by molar-refractivity contribution is -0.870. The van der Waals surface area contributed by atoms with E-state index in [4.69, 9.17) is 24.9 Å². The summed E-state index contributed by atoms with van der Waals surface area (Å²) in [4.78, 5) is 34.4. The van der Waals surface area contributed by atoms with Gasteiger partial charge in [-0.3, -0.25) is 14.2 Å². The van der Waals surface area contributed by atoms with Crippen molar-refractivity contribution >= 4 is 31.3 Å². The Balaban J connectivity index is -0.000000882. The quantitative estimate of drug-likeness (QED) is 0.0459. The molecular formula is C32H50NO8PS. The summed E-state index contributed by atoms with van der Waals surface area (Å²) in [7, 11) is 1.31. The van der Waals surface area contributed by atoms with E-state index in [1.54, 1.807) is 0 Å². The Hall–Kier alpha value is -3.12. The Bertz CT molecular complexity index is 1300. The molecule has 0 aromatic carbocycles. The summed E-state index contributed by atoms with van der Waals surface area (Å²) in [6.45, 7) is 2.43. The number of esters is 1. The van der Waals surface area contributed by atoms with E-state index in [1.165, 1.54) is 18.7 Å². The second-order valence-corrected chi connectivity index (χ2v) is 12.2. The van der Waals surface area contributed by atoms with Crippen LogP contribution < -0.4 is 4.89 Å². The highest BCUT2D eigenvalue weighted by molar-refractivity contribution is 8.03. The highest BCUT2D eigenvalue weighted by atomic mass is 32.2. The van der Waals surface area contributed by atoms with Crippen molar-refractivity contribution in [1.82, 2.24) is 0 Å². The summed E-state index contributed by atoms with van der Waals surface area (Å²) < 4.78 is 33.7. The average Bonchev–Trinajstić information content (AvgIpc) is 2.91. The van der Waals surface area contributed by atoms with Crippen LogP contribution in [0.4, 0.5) is 0 Å². The molecule has 0 rings (SSSR count). The SMILES string of the molecule is C#CC#CC#CC#CC#CC#CSCC(COP(=O)([O-])OCC[N+](C)(C)C)OCCCCCCCCOC(=O)CC(C)=O.[HH].[HH].[HH].[HH].[HH]. The van der Waals surface area contributed by atoms with E-state index in [1.807, 2.05) is 21.1 Å². The van der Waals surface area contributed by atoms with Gasteiger partial charge in [0.05, 0.1) is 40.5 Å².